The van der Waals surface area contributed by atoms with Crippen molar-refractivity contribution in [2.24, 2.45) is 0 Å². The van der Waals surface area contributed by atoms with Crippen LogP contribution in [0.1, 0.15) is 17.3 Å². The molecule has 0 atom stereocenters. The van der Waals surface area contributed by atoms with E-state index < -0.39 is 0 Å². The van der Waals surface area contributed by atoms with Crippen molar-refractivity contribution in [1.82, 2.24) is 0 Å². The fraction of sp³-hybridized carbons (Fsp3) is 0.0625. The molecular weight excluding hydrogens is 272 g/mol. The number of hydrogen-bond donors (Lipinski definition) is 0. The number of carbonyl (C=O) groups excluding carboxylic acids is 1. The van der Waals surface area contributed by atoms with Crippen molar-refractivity contribution < 1.29 is 4.79 Å². The van der Waals surface area contributed by atoms with E-state index in [1.807, 2.05) is 24.3 Å². The van der Waals surface area contributed by atoms with Crippen LogP contribution in [-0.2, 0) is 0 Å². The number of carbonyl (C=O) groups is 1. The van der Waals surface area contributed by atoms with Crippen LogP contribution in [0.5, 0.6) is 0 Å². The summed E-state index contributed by atoms with van der Waals surface area (Å²) in [6, 6.07) is 16.3. The second kappa shape index (κ2) is 5.11. The SMILES string of the molecule is CC(=O)c1ccc(-c2ccc(-c3cccs3)s2)cc1. The van der Waals surface area contributed by atoms with Gasteiger partial charge in [-0.15, -0.1) is 22.7 Å². The van der Waals surface area contributed by atoms with Gasteiger partial charge in [-0.05, 0) is 36.1 Å². The Kier molecular flexibility index (Phi) is 3.32. The fourth-order valence-corrected chi connectivity index (χ4v) is 3.76. The van der Waals surface area contributed by atoms with Gasteiger partial charge in [-0.2, -0.15) is 0 Å². The summed E-state index contributed by atoms with van der Waals surface area (Å²) in [7, 11) is 0. The van der Waals surface area contributed by atoms with Crippen molar-refractivity contribution in [3.8, 4) is 20.2 Å². The lowest BCUT2D eigenvalue weighted by Gasteiger charge is -1.99. The van der Waals surface area contributed by atoms with E-state index in [9.17, 15) is 4.79 Å². The van der Waals surface area contributed by atoms with Crippen molar-refractivity contribution in [2.45, 2.75) is 6.92 Å². The first kappa shape index (κ1) is 12.3. The van der Waals surface area contributed by atoms with Gasteiger partial charge in [0.2, 0.25) is 0 Å². The third kappa shape index (κ3) is 2.53. The van der Waals surface area contributed by atoms with E-state index in [4.69, 9.17) is 0 Å². The van der Waals surface area contributed by atoms with E-state index in [0.29, 0.717) is 0 Å². The Morgan fingerprint density at radius 3 is 2.26 bits per heavy atom. The van der Waals surface area contributed by atoms with Gasteiger partial charge in [0.25, 0.3) is 0 Å². The predicted octanol–water partition coefficient (Wildman–Crippen LogP) is 5.35. The molecule has 3 rings (SSSR count). The molecule has 1 nitrogen and oxygen atoms in total. The van der Waals surface area contributed by atoms with E-state index in [1.54, 1.807) is 29.6 Å². The molecule has 0 bridgehead atoms. The summed E-state index contributed by atoms with van der Waals surface area (Å²) in [5, 5.41) is 2.09. The molecule has 0 spiro atoms. The fourth-order valence-electron chi connectivity index (χ4n) is 1.91. The van der Waals surface area contributed by atoms with E-state index in [-0.39, 0.29) is 5.78 Å². The van der Waals surface area contributed by atoms with Crippen LogP contribution in [0.3, 0.4) is 0 Å². The average molecular weight is 284 g/mol. The zero-order chi connectivity index (χ0) is 13.2. The Balaban J connectivity index is 1.92. The summed E-state index contributed by atoms with van der Waals surface area (Å²) >= 11 is 3.54. The topological polar surface area (TPSA) is 17.1 Å². The van der Waals surface area contributed by atoms with E-state index in [0.717, 1.165) is 11.1 Å². The Bertz CT molecular complexity index is 691. The lowest BCUT2D eigenvalue weighted by Crippen LogP contribution is -1.90. The van der Waals surface area contributed by atoms with Gasteiger partial charge in [0.05, 0.1) is 0 Å². The summed E-state index contributed by atoms with van der Waals surface area (Å²) in [5.74, 6) is 0.108. The molecule has 0 radical (unpaired) electrons. The number of thiophene rings is 2. The van der Waals surface area contributed by atoms with Gasteiger partial charge in [0.1, 0.15) is 0 Å². The van der Waals surface area contributed by atoms with Crippen molar-refractivity contribution in [3.63, 3.8) is 0 Å². The summed E-state index contributed by atoms with van der Waals surface area (Å²) in [6.07, 6.45) is 0. The summed E-state index contributed by atoms with van der Waals surface area (Å²) in [5.41, 5.74) is 1.93. The number of ketones is 1. The molecule has 3 heteroatoms. The third-order valence-corrected chi connectivity index (χ3v) is 5.15. The van der Waals surface area contributed by atoms with E-state index in [1.165, 1.54) is 14.6 Å². The molecule has 0 fully saturated rings. The van der Waals surface area contributed by atoms with Crippen LogP contribution in [0.4, 0.5) is 0 Å². The number of hydrogen-bond acceptors (Lipinski definition) is 3. The van der Waals surface area contributed by atoms with Gasteiger partial charge in [0.15, 0.2) is 5.78 Å². The molecule has 19 heavy (non-hydrogen) atoms. The van der Waals surface area contributed by atoms with Crippen LogP contribution in [-0.4, -0.2) is 5.78 Å². The molecule has 0 aliphatic carbocycles. The molecule has 1 aromatic carbocycles. The summed E-state index contributed by atoms with van der Waals surface area (Å²) in [4.78, 5) is 15.1. The van der Waals surface area contributed by atoms with Crippen LogP contribution >= 0.6 is 22.7 Å². The number of rotatable bonds is 3. The van der Waals surface area contributed by atoms with E-state index >= 15 is 0 Å². The molecule has 0 N–H and O–H groups in total. The molecule has 0 saturated heterocycles. The molecular formula is C16H12OS2. The largest absolute Gasteiger partial charge is 0.295 e. The monoisotopic (exact) mass is 284 g/mol. The molecule has 0 saturated carbocycles. The lowest BCUT2D eigenvalue weighted by molar-refractivity contribution is 0.101. The minimum atomic E-state index is 0.108. The highest BCUT2D eigenvalue weighted by atomic mass is 32.1. The molecule has 94 valence electrons. The minimum Gasteiger partial charge on any atom is -0.295 e. The van der Waals surface area contributed by atoms with Gasteiger partial charge in [0, 0.05) is 20.2 Å². The molecule has 2 heterocycles. The maximum atomic E-state index is 11.3. The third-order valence-electron chi connectivity index (χ3n) is 2.95. The van der Waals surface area contributed by atoms with Crippen molar-refractivity contribution in [3.05, 3.63) is 59.5 Å². The molecule has 0 unspecified atom stereocenters. The second-order valence-corrected chi connectivity index (χ2v) is 6.31. The Labute approximate surface area is 120 Å². The summed E-state index contributed by atoms with van der Waals surface area (Å²) in [6.45, 7) is 1.59. The molecule has 2 aromatic heterocycles. The van der Waals surface area contributed by atoms with Gasteiger partial charge >= 0.3 is 0 Å². The molecule has 0 aliphatic heterocycles. The van der Waals surface area contributed by atoms with E-state index in [2.05, 4.69) is 29.6 Å². The molecule has 0 aliphatic rings. The molecule has 3 aromatic rings. The van der Waals surface area contributed by atoms with Crippen molar-refractivity contribution in [2.75, 3.05) is 0 Å². The lowest BCUT2D eigenvalue weighted by atomic mass is 10.1. The van der Waals surface area contributed by atoms with Crippen LogP contribution in [0.25, 0.3) is 20.2 Å². The normalized spacial score (nSPS) is 10.6. The minimum absolute atomic E-state index is 0.108. The Morgan fingerprint density at radius 1 is 0.895 bits per heavy atom. The maximum absolute atomic E-state index is 11.3. The zero-order valence-electron chi connectivity index (χ0n) is 10.4. The molecule has 0 amide bonds. The first-order valence-corrected chi connectivity index (χ1v) is 7.69. The Morgan fingerprint density at radius 2 is 1.63 bits per heavy atom. The van der Waals surface area contributed by atoms with Crippen molar-refractivity contribution in [1.29, 1.82) is 0 Å². The maximum Gasteiger partial charge on any atom is 0.159 e. The van der Waals surface area contributed by atoms with Crippen LogP contribution in [0, 0.1) is 0 Å². The second-order valence-electron chi connectivity index (χ2n) is 4.27. The zero-order valence-corrected chi connectivity index (χ0v) is 12.1. The van der Waals surface area contributed by atoms with Gasteiger partial charge in [-0.25, -0.2) is 0 Å². The first-order valence-electron chi connectivity index (χ1n) is 5.99. The average Bonchev–Trinajstić information content (AvgIpc) is 3.10. The van der Waals surface area contributed by atoms with Crippen LogP contribution in [0.15, 0.2) is 53.9 Å². The predicted molar refractivity (Wildman–Crippen MR) is 83.1 cm³/mol. The van der Waals surface area contributed by atoms with Gasteiger partial charge < -0.3 is 0 Å². The van der Waals surface area contributed by atoms with Crippen LogP contribution in [0.2, 0.25) is 0 Å². The number of benzene rings is 1. The first-order chi connectivity index (χ1) is 9.24. The highest BCUT2D eigenvalue weighted by Gasteiger charge is 2.06. The highest BCUT2D eigenvalue weighted by Crippen LogP contribution is 2.36. The number of Topliss-reactive ketones (excluding diaryl/α,β-unsaturated/α-hetero) is 1. The van der Waals surface area contributed by atoms with Crippen molar-refractivity contribution >= 4 is 28.5 Å². The summed E-state index contributed by atoms with van der Waals surface area (Å²) < 4.78 is 0. The van der Waals surface area contributed by atoms with Gasteiger partial charge in [-0.1, -0.05) is 30.3 Å². The Hall–Kier alpha value is -1.71. The van der Waals surface area contributed by atoms with Crippen LogP contribution < -0.4 is 0 Å². The standard InChI is InChI=1S/C16H12OS2/c1-11(17)12-4-6-13(7-5-12)14-8-9-16(19-14)15-3-2-10-18-15/h2-10H,1H3. The quantitative estimate of drug-likeness (QED) is 0.593. The highest BCUT2D eigenvalue weighted by molar-refractivity contribution is 7.23. The van der Waals surface area contributed by atoms with Gasteiger partial charge in [-0.3, -0.25) is 4.79 Å². The smallest absolute Gasteiger partial charge is 0.159 e.